The summed E-state index contributed by atoms with van der Waals surface area (Å²) in [6.07, 6.45) is 5.41. The summed E-state index contributed by atoms with van der Waals surface area (Å²) in [5.41, 5.74) is 0. The first-order valence-electron chi connectivity index (χ1n) is 5.70. The molecule has 1 aromatic heterocycles. The zero-order valence-corrected chi connectivity index (χ0v) is 9.58. The third-order valence-electron chi connectivity index (χ3n) is 2.98. The fourth-order valence-corrected chi connectivity index (χ4v) is 1.84. The molecule has 0 radical (unpaired) electrons. The van der Waals surface area contributed by atoms with Gasteiger partial charge in [0.1, 0.15) is 5.82 Å². The summed E-state index contributed by atoms with van der Waals surface area (Å²) in [4.78, 5) is 6.47. The summed E-state index contributed by atoms with van der Waals surface area (Å²) in [7, 11) is 1.97. The second-order valence-corrected chi connectivity index (χ2v) is 4.45. The highest BCUT2D eigenvalue weighted by Gasteiger charge is 2.30. The van der Waals surface area contributed by atoms with Crippen molar-refractivity contribution in [1.82, 2.24) is 14.5 Å². The van der Waals surface area contributed by atoms with Gasteiger partial charge in [0.15, 0.2) is 0 Å². The number of aromatic nitrogens is 2. The second kappa shape index (κ2) is 4.95. The molecule has 2 rings (SSSR count). The Labute approximate surface area is 95.3 Å². The van der Waals surface area contributed by atoms with Gasteiger partial charge in [-0.15, -0.1) is 0 Å². The Morgan fingerprint density at radius 2 is 2.38 bits per heavy atom. The van der Waals surface area contributed by atoms with Gasteiger partial charge in [-0.1, -0.05) is 0 Å². The van der Waals surface area contributed by atoms with E-state index in [0.29, 0.717) is 12.6 Å². The van der Waals surface area contributed by atoms with Crippen molar-refractivity contribution < 1.29 is 10.2 Å². The number of hydrogen-bond acceptors (Lipinski definition) is 4. The molecule has 0 spiro atoms. The quantitative estimate of drug-likeness (QED) is 0.700. The lowest BCUT2D eigenvalue weighted by atomic mass is 10.3. The molecule has 0 bridgehead atoms. The molecule has 1 heterocycles. The smallest absolute Gasteiger partial charge is 0.122 e. The number of hydrogen-bond donors (Lipinski definition) is 2. The lowest BCUT2D eigenvalue weighted by Gasteiger charge is -2.23. The van der Waals surface area contributed by atoms with Crippen LogP contribution in [0.15, 0.2) is 12.4 Å². The zero-order valence-electron chi connectivity index (χ0n) is 9.58. The highest BCUT2D eigenvalue weighted by Crippen LogP contribution is 2.28. The highest BCUT2D eigenvalue weighted by atomic mass is 16.3. The molecule has 1 fully saturated rings. The van der Waals surface area contributed by atoms with E-state index in [1.807, 2.05) is 17.8 Å². The van der Waals surface area contributed by atoms with Crippen molar-refractivity contribution in [2.75, 3.05) is 13.2 Å². The van der Waals surface area contributed by atoms with Gasteiger partial charge in [-0.25, -0.2) is 4.98 Å². The van der Waals surface area contributed by atoms with Crippen LogP contribution in [-0.2, 0) is 13.6 Å². The van der Waals surface area contributed by atoms with Gasteiger partial charge >= 0.3 is 0 Å². The SMILES string of the molecule is Cn1ccnc1CN(CC(O)CO)C1CC1. The number of nitrogens with zero attached hydrogens (tertiary/aromatic N) is 3. The molecule has 1 atom stereocenters. The molecule has 2 N–H and O–H groups in total. The number of imidazole rings is 1. The van der Waals surface area contributed by atoms with E-state index in [2.05, 4.69) is 9.88 Å². The topological polar surface area (TPSA) is 61.5 Å². The third kappa shape index (κ3) is 2.81. The lowest BCUT2D eigenvalue weighted by Crippen LogP contribution is -2.36. The average molecular weight is 225 g/mol. The lowest BCUT2D eigenvalue weighted by molar-refractivity contribution is 0.0529. The van der Waals surface area contributed by atoms with Crippen molar-refractivity contribution in [3.05, 3.63) is 18.2 Å². The normalized spacial score (nSPS) is 18.0. The van der Waals surface area contributed by atoms with E-state index < -0.39 is 6.10 Å². The molecule has 0 aliphatic heterocycles. The van der Waals surface area contributed by atoms with Crippen LogP contribution >= 0.6 is 0 Å². The Bertz CT molecular complexity index is 336. The fraction of sp³-hybridized carbons (Fsp3) is 0.727. The minimum atomic E-state index is -0.652. The van der Waals surface area contributed by atoms with Gasteiger partial charge in [0, 0.05) is 32.0 Å². The fourth-order valence-electron chi connectivity index (χ4n) is 1.84. The van der Waals surface area contributed by atoms with Crippen molar-refractivity contribution in [2.24, 2.45) is 7.05 Å². The minimum Gasteiger partial charge on any atom is -0.394 e. The standard InChI is InChI=1S/C11H19N3O2/c1-13-5-4-12-11(13)7-14(9-2-3-9)6-10(16)8-15/h4-5,9-10,15-16H,2-3,6-8H2,1H3. The Morgan fingerprint density at radius 3 is 2.88 bits per heavy atom. The first-order chi connectivity index (χ1) is 7.70. The summed E-state index contributed by atoms with van der Waals surface area (Å²) in [6, 6.07) is 0.554. The number of aliphatic hydroxyl groups excluding tert-OH is 2. The number of rotatable bonds is 6. The summed E-state index contributed by atoms with van der Waals surface area (Å²) >= 11 is 0. The molecule has 16 heavy (non-hydrogen) atoms. The van der Waals surface area contributed by atoms with Crippen LogP contribution in [0.25, 0.3) is 0 Å². The van der Waals surface area contributed by atoms with E-state index >= 15 is 0 Å². The highest BCUT2D eigenvalue weighted by molar-refractivity contribution is 4.95. The summed E-state index contributed by atoms with van der Waals surface area (Å²) < 4.78 is 1.99. The molecular formula is C11H19N3O2. The molecule has 5 nitrogen and oxygen atoms in total. The first-order valence-corrected chi connectivity index (χ1v) is 5.70. The van der Waals surface area contributed by atoms with Crippen LogP contribution in [0, 0.1) is 0 Å². The minimum absolute atomic E-state index is 0.177. The molecule has 0 saturated heterocycles. The van der Waals surface area contributed by atoms with Gasteiger partial charge in [0.25, 0.3) is 0 Å². The van der Waals surface area contributed by atoms with Gasteiger partial charge in [-0.05, 0) is 12.8 Å². The maximum Gasteiger partial charge on any atom is 0.122 e. The average Bonchev–Trinajstić information content (AvgIpc) is 3.04. The number of aryl methyl sites for hydroxylation is 1. The first kappa shape index (κ1) is 11.6. The van der Waals surface area contributed by atoms with Crippen LogP contribution in [0.2, 0.25) is 0 Å². The zero-order chi connectivity index (χ0) is 11.5. The Balaban J connectivity index is 1.95. The molecule has 90 valence electrons. The molecule has 0 amide bonds. The van der Waals surface area contributed by atoms with E-state index in [-0.39, 0.29) is 6.61 Å². The summed E-state index contributed by atoms with van der Waals surface area (Å²) in [6.45, 7) is 1.09. The molecule has 0 aromatic carbocycles. The molecule has 1 unspecified atom stereocenters. The molecular weight excluding hydrogens is 206 g/mol. The Hall–Kier alpha value is -0.910. The van der Waals surface area contributed by atoms with E-state index in [0.717, 1.165) is 12.4 Å². The summed E-state index contributed by atoms with van der Waals surface area (Å²) in [5, 5.41) is 18.4. The van der Waals surface area contributed by atoms with E-state index in [9.17, 15) is 5.11 Å². The monoisotopic (exact) mass is 225 g/mol. The van der Waals surface area contributed by atoms with Gasteiger partial charge < -0.3 is 14.8 Å². The van der Waals surface area contributed by atoms with Crippen LogP contribution in [-0.4, -0.2) is 50.0 Å². The largest absolute Gasteiger partial charge is 0.394 e. The Kier molecular flexibility index (Phi) is 3.58. The molecule has 1 aromatic rings. The van der Waals surface area contributed by atoms with Crippen molar-refractivity contribution in [3.8, 4) is 0 Å². The van der Waals surface area contributed by atoms with Crippen LogP contribution in [0.3, 0.4) is 0 Å². The maximum atomic E-state index is 9.48. The molecule has 1 aliphatic carbocycles. The van der Waals surface area contributed by atoms with Gasteiger partial charge in [0.2, 0.25) is 0 Å². The van der Waals surface area contributed by atoms with Crippen LogP contribution < -0.4 is 0 Å². The molecule has 1 aliphatic rings. The maximum absolute atomic E-state index is 9.48. The van der Waals surface area contributed by atoms with E-state index in [4.69, 9.17) is 5.11 Å². The second-order valence-electron chi connectivity index (χ2n) is 4.45. The van der Waals surface area contributed by atoms with E-state index in [1.54, 1.807) is 6.20 Å². The van der Waals surface area contributed by atoms with Crippen molar-refractivity contribution in [2.45, 2.75) is 31.5 Å². The molecule has 1 saturated carbocycles. The van der Waals surface area contributed by atoms with Crippen molar-refractivity contribution in [3.63, 3.8) is 0 Å². The summed E-state index contributed by atoms with van der Waals surface area (Å²) in [5.74, 6) is 0.997. The predicted molar refractivity (Wildman–Crippen MR) is 59.7 cm³/mol. The van der Waals surface area contributed by atoms with Crippen LogP contribution in [0.4, 0.5) is 0 Å². The van der Waals surface area contributed by atoms with Crippen LogP contribution in [0.1, 0.15) is 18.7 Å². The number of aliphatic hydroxyl groups is 2. The van der Waals surface area contributed by atoms with Crippen molar-refractivity contribution in [1.29, 1.82) is 0 Å². The molecule has 5 heteroatoms. The van der Waals surface area contributed by atoms with Crippen LogP contribution in [0.5, 0.6) is 0 Å². The van der Waals surface area contributed by atoms with Gasteiger partial charge in [-0.3, -0.25) is 4.90 Å². The van der Waals surface area contributed by atoms with Gasteiger partial charge in [-0.2, -0.15) is 0 Å². The Morgan fingerprint density at radius 1 is 1.62 bits per heavy atom. The van der Waals surface area contributed by atoms with Crippen molar-refractivity contribution >= 4 is 0 Å². The third-order valence-corrected chi connectivity index (χ3v) is 2.98. The predicted octanol–water partition coefficient (Wildman–Crippen LogP) is -0.262. The van der Waals surface area contributed by atoms with Gasteiger partial charge in [0.05, 0.1) is 19.3 Å². The van der Waals surface area contributed by atoms with E-state index in [1.165, 1.54) is 12.8 Å².